The highest BCUT2D eigenvalue weighted by Crippen LogP contribution is 2.41. The van der Waals surface area contributed by atoms with Gasteiger partial charge in [0.2, 0.25) is 11.7 Å². The number of hydrogen-bond acceptors (Lipinski definition) is 5. The minimum Gasteiger partial charge on any atom is -0.381 e. The van der Waals surface area contributed by atoms with Crippen LogP contribution < -0.4 is 0 Å². The van der Waals surface area contributed by atoms with E-state index in [1.165, 1.54) is 0 Å². The molecule has 2 aromatic heterocycles. The summed E-state index contributed by atoms with van der Waals surface area (Å²) in [5.41, 5.74) is 1.55. The van der Waals surface area contributed by atoms with Crippen LogP contribution >= 0.6 is 11.6 Å². The van der Waals surface area contributed by atoms with Crippen molar-refractivity contribution < 1.29 is 9.26 Å². The van der Waals surface area contributed by atoms with E-state index in [-0.39, 0.29) is 5.41 Å². The molecule has 1 fully saturated rings. The third-order valence-corrected chi connectivity index (χ3v) is 4.76. The zero-order chi connectivity index (χ0) is 16.6. The lowest BCUT2D eigenvalue weighted by Crippen LogP contribution is -2.35. The molecule has 1 aliphatic heterocycles. The standard InChI is InChI=1S/C17H17ClN4O2/c1-22-11-12(10-19-22)15-20-16(24-21-15)17(5-7-23-8-6-17)13-3-2-4-14(18)9-13/h2-4,9-11H,5-8H2,1H3. The molecule has 0 spiro atoms. The van der Waals surface area contributed by atoms with Crippen LogP contribution in [0.15, 0.2) is 41.2 Å². The Morgan fingerprint density at radius 3 is 2.79 bits per heavy atom. The van der Waals surface area contributed by atoms with Crippen LogP contribution in [0.3, 0.4) is 0 Å². The Labute approximate surface area is 144 Å². The van der Waals surface area contributed by atoms with Gasteiger partial charge in [0.25, 0.3) is 0 Å². The van der Waals surface area contributed by atoms with E-state index < -0.39 is 0 Å². The summed E-state index contributed by atoms with van der Waals surface area (Å²) in [7, 11) is 1.86. The van der Waals surface area contributed by atoms with Gasteiger partial charge in [0.1, 0.15) is 0 Å². The largest absolute Gasteiger partial charge is 0.381 e. The molecule has 0 aliphatic carbocycles. The van der Waals surface area contributed by atoms with Crippen molar-refractivity contribution in [1.29, 1.82) is 0 Å². The summed E-state index contributed by atoms with van der Waals surface area (Å²) in [5, 5.41) is 9.01. The first-order chi connectivity index (χ1) is 11.7. The highest BCUT2D eigenvalue weighted by atomic mass is 35.5. The zero-order valence-electron chi connectivity index (χ0n) is 13.3. The van der Waals surface area contributed by atoms with E-state index >= 15 is 0 Å². The van der Waals surface area contributed by atoms with Crippen molar-refractivity contribution in [3.05, 3.63) is 53.1 Å². The first-order valence-corrected chi connectivity index (χ1v) is 8.22. The Bertz CT molecular complexity index is 852. The smallest absolute Gasteiger partial charge is 0.237 e. The summed E-state index contributed by atoms with van der Waals surface area (Å²) in [6.07, 6.45) is 5.15. The van der Waals surface area contributed by atoms with Crippen molar-refractivity contribution in [3.8, 4) is 11.4 Å². The van der Waals surface area contributed by atoms with Crippen molar-refractivity contribution in [3.63, 3.8) is 0 Å². The van der Waals surface area contributed by atoms with Crippen LogP contribution in [-0.4, -0.2) is 33.1 Å². The number of halogens is 1. The molecule has 0 unspecified atom stereocenters. The van der Waals surface area contributed by atoms with Gasteiger partial charge in [-0.15, -0.1) is 0 Å². The molecule has 1 aliphatic rings. The van der Waals surface area contributed by atoms with Crippen LogP contribution in [0.4, 0.5) is 0 Å². The average Bonchev–Trinajstić information content (AvgIpc) is 3.24. The number of benzene rings is 1. The summed E-state index contributed by atoms with van der Waals surface area (Å²) in [5.74, 6) is 1.15. The van der Waals surface area contributed by atoms with Crippen molar-refractivity contribution in [2.75, 3.05) is 13.2 Å². The van der Waals surface area contributed by atoms with Crippen LogP contribution in [0.1, 0.15) is 24.3 Å². The minimum atomic E-state index is -0.364. The van der Waals surface area contributed by atoms with Gasteiger partial charge in [0, 0.05) is 31.5 Å². The van der Waals surface area contributed by atoms with Crippen LogP contribution in [0.2, 0.25) is 5.02 Å². The number of rotatable bonds is 3. The molecule has 0 amide bonds. The monoisotopic (exact) mass is 344 g/mol. The Kier molecular flexibility index (Phi) is 3.86. The van der Waals surface area contributed by atoms with Crippen LogP contribution in [0.5, 0.6) is 0 Å². The van der Waals surface area contributed by atoms with Gasteiger partial charge in [0.05, 0.1) is 17.2 Å². The third kappa shape index (κ3) is 2.61. The first kappa shape index (κ1) is 15.4. The molecule has 1 aromatic carbocycles. The molecule has 3 aromatic rings. The molecule has 0 N–H and O–H groups in total. The van der Waals surface area contributed by atoms with Crippen molar-refractivity contribution in [2.24, 2.45) is 7.05 Å². The predicted molar refractivity (Wildman–Crippen MR) is 88.8 cm³/mol. The maximum atomic E-state index is 6.21. The van der Waals surface area contributed by atoms with E-state index in [1.807, 2.05) is 31.4 Å². The molecule has 1 saturated heterocycles. The summed E-state index contributed by atoms with van der Waals surface area (Å²) < 4.78 is 12.9. The summed E-state index contributed by atoms with van der Waals surface area (Å²) in [6.45, 7) is 1.30. The number of ether oxygens (including phenoxy) is 1. The molecule has 7 heteroatoms. The molecule has 24 heavy (non-hydrogen) atoms. The normalized spacial score (nSPS) is 17.1. The Balaban J connectivity index is 1.78. The van der Waals surface area contributed by atoms with Crippen molar-refractivity contribution >= 4 is 11.6 Å². The second-order valence-corrected chi connectivity index (χ2v) is 6.47. The molecule has 6 nitrogen and oxygen atoms in total. The molecular formula is C17H17ClN4O2. The molecule has 3 heterocycles. The summed E-state index contributed by atoms with van der Waals surface area (Å²) in [6, 6.07) is 7.85. The Morgan fingerprint density at radius 2 is 2.08 bits per heavy atom. The van der Waals surface area contributed by atoms with Gasteiger partial charge in [-0.2, -0.15) is 10.1 Å². The SMILES string of the molecule is Cn1cc(-c2noc(C3(c4cccc(Cl)c4)CCOCC3)n2)cn1. The van der Waals surface area contributed by atoms with Crippen LogP contribution in [0, 0.1) is 0 Å². The molecular weight excluding hydrogens is 328 g/mol. The fourth-order valence-electron chi connectivity index (χ4n) is 3.20. The molecule has 4 rings (SSSR count). The lowest BCUT2D eigenvalue weighted by molar-refractivity contribution is 0.0523. The second-order valence-electron chi connectivity index (χ2n) is 6.03. The Morgan fingerprint density at radius 1 is 1.25 bits per heavy atom. The lowest BCUT2D eigenvalue weighted by Gasteiger charge is -2.34. The Hall–Kier alpha value is -2.18. The fourth-order valence-corrected chi connectivity index (χ4v) is 3.39. The van der Waals surface area contributed by atoms with E-state index in [4.69, 9.17) is 20.9 Å². The van der Waals surface area contributed by atoms with E-state index in [9.17, 15) is 0 Å². The highest BCUT2D eigenvalue weighted by Gasteiger charge is 2.41. The second kappa shape index (κ2) is 6.03. The number of hydrogen-bond donors (Lipinski definition) is 0. The van der Waals surface area contributed by atoms with E-state index in [0.717, 1.165) is 24.0 Å². The lowest BCUT2D eigenvalue weighted by atomic mass is 9.74. The van der Waals surface area contributed by atoms with Gasteiger partial charge in [-0.1, -0.05) is 28.9 Å². The zero-order valence-corrected chi connectivity index (χ0v) is 14.0. The molecule has 124 valence electrons. The van der Waals surface area contributed by atoms with E-state index in [2.05, 4.69) is 21.3 Å². The quantitative estimate of drug-likeness (QED) is 0.729. The first-order valence-electron chi connectivity index (χ1n) is 7.84. The summed E-state index contributed by atoms with van der Waals surface area (Å²) in [4.78, 5) is 4.67. The van der Waals surface area contributed by atoms with Gasteiger partial charge in [0.15, 0.2) is 0 Å². The highest BCUT2D eigenvalue weighted by molar-refractivity contribution is 6.30. The third-order valence-electron chi connectivity index (χ3n) is 4.52. The van der Waals surface area contributed by atoms with Crippen LogP contribution in [0.25, 0.3) is 11.4 Å². The maximum Gasteiger partial charge on any atom is 0.237 e. The van der Waals surface area contributed by atoms with Gasteiger partial charge < -0.3 is 9.26 Å². The van der Waals surface area contributed by atoms with E-state index in [0.29, 0.717) is 30.0 Å². The van der Waals surface area contributed by atoms with E-state index in [1.54, 1.807) is 10.9 Å². The molecule has 0 atom stereocenters. The minimum absolute atomic E-state index is 0.364. The predicted octanol–water partition coefficient (Wildman–Crippen LogP) is 3.22. The number of aryl methyl sites for hydroxylation is 1. The summed E-state index contributed by atoms with van der Waals surface area (Å²) >= 11 is 6.21. The van der Waals surface area contributed by atoms with Gasteiger partial charge in [-0.3, -0.25) is 4.68 Å². The number of nitrogens with zero attached hydrogens (tertiary/aromatic N) is 4. The fraction of sp³-hybridized carbons (Fsp3) is 0.353. The molecule has 0 bridgehead atoms. The topological polar surface area (TPSA) is 66.0 Å². The average molecular weight is 345 g/mol. The van der Waals surface area contributed by atoms with Crippen molar-refractivity contribution in [1.82, 2.24) is 19.9 Å². The molecule has 0 saturated carbocycles. The van der Waals surface area contributed by atoms with Crippen LogP contribution in [-0.2, 0) is 17.2 Å². The van der Waals surface area contributed by atoms with Gasteiger partial charge in [-0.25, -0.2) is 0 Å². The number of aromatic nitrogens is 4. The van der Waals surface area contributed by atoms with Crippen molar-refractivity contribution in [2.45, 2.75) is 18.3 Å². The molecule has 0 radical (unpaired) electrons. The maximum absolute atomic E-state index is 6.21. The van der Waals surface area contributed by atoms with Gasteiger partial charge >= 0.3 is 0 Å². The van der Waals surface area contributed by atoms with Gasteiger partial charge in [-0.05, 0) is 30.5 Å².